The van der Waals surface area contributed by atoms with E-state index < -0.39 is 5.72 Å². The highest BCUT2D eigenvalue weighted by molar-refractivity contribution is 5.77. The summed E-state index contributed by atoms with van der Waals surface area (Å²) in [4.78, 5) is 10.7. The number of para-hydroxylation sites is 2. The van der Waals surface area contributed by atoms with E-state index in [0.29, 0.717) is 18.0 Å². The van der Waals surface area contributed by atoms with E-state index in [-0.39, 0.29) is 22.8 Å². The minimum Gasteiger partial charge on any atom is -0.375 e. The Labute approximate surface area is 254 Å². The van der Waals surface area contributed by atoms with Gasteiger partial charge < -0.3 is 14.9 Å². The molecule has 4 saturated heterocycles. The number of piperidine rings is 2. The van der Waals surface area contributed by atoms with E-state index in [1.807, 2.05) is 0 Å². The van der Waals surface area contributed by atoms with Crippen molar-refractivity contribution in [1.82, 2.24) is 9.80 Å². The zero-order valence-electron chi connectivity index (χ0n) is 25.2. The van der Waals surface area contributed by atoms with Crippen molar-refractivity contribution in [3.8, 4) is 0 Å². The minimum atomic E-state index is -0.832. The summed E-state index contributed by atoms with van der Waals surface area (Å²) in [6.45, 7) is 8.59. The molecule has 218 valence electrons. The van der Waals surface area contributed by atoms with Crippen LogP contribution in [0.3, 0.4) is 0 Å². The molecule has 2 spiro atoms. The number of hydrogen-bond acceptors (Lipinski definition) is 5. The summed E-state index contributed by atoms with van der Waals surface area (Å²) < 4.78 is 0. The van der Waals surface area contributed by atoms with E-state index in [9.17, 15) is 5.11 Å². The zero-order valence-corrected chi connectivity index (χ0v) is 25.2. The lowest BCUT2D eigenvalue weighted by Gasteiger charge is -2.60. The van der Waals surface area contributed by atoms with Crippen LogP contribution in [0.1, 0.15) is 50.7 Å². The number of fused-ring (bicyclic) bond motifs is 8. The molecular weight excluding hydrogens is 528 g/mol. The first-order valence-electron chi connectivity index (χ1n) is 16.8. The van der Waals surface area contributed by atoms with Gasteiger partial charge in [0.15, 0.2) is 0 Å². The summed E-state index contributed by atoms with van der Waals surface area (Å²) in [6, 6.07) is 19.6. The van der Waals surface area contributed by atoms with Crippen LogP contribution in [0.5, 0.6) is 0 Å². The van der Waals surface area contributed by atoms with Crippen molar-refractivity contribution in [3.05, 3.63) is 107 Å². The quantitative estimate of drug-likeness (QED) is 0.428. The second kappa shape index (κ2) is 7.56. The number of benzene rings is 2. The van der Waals surface area contributed by atoms with Crippen molar-refractivity contribution >= 4 is 11.4 Å². The normalized spacial score (nSPS) is 46.9. The molecule has 2 aliphatic carbocycles. The highest BCUT2D eigenvalue weighted by Gasteiger charge is 2.74. The smallest absolute Gasteiger partial charge is 0.131 e. The predicted octanol–water partition coefficient (Wildman–Crippen LogP) is 5.45. The fourth-order valence-corrected chi connectivity index (χ4v) is 12.5. The molecule has 43 heavy (non-hydrogen) atoms. The van der Waals surface area contributed by atoms with Crippen molar-refractivity contribution in [2.45, 2.75) is 74.2 Å². The molecule has 0 aromatic heterocycles. The van der Waals surface area contributed by atoms with Crippen molar-refractivity contribution in [1.29, 1.82) is 0 Å². The van der Waals surface area contributed by atoms with Gasteiger partial charge in [-0.3, -0.25) is 9.80 Å². The second-order valence-electron chi connectivity index (χ2n) is 14.9. The third-order valence-electron chi connectivity index (χ3n) is 14.1. The summed E-state index contributed by atoms with van der Waals surface area (Å²) in [5.74, 6) is 0.725. The van der Waals surface area contributed by atoms with Crippen LogP contribution >= 0.6 is 0 Å². The van der Waals surface area contributed by atoms with Crippen LogP contribution < -0.4 is 9.80 Å². The van der Waals surface area contributed by atoms with Gasteiger partial charge >= 0.3 is 0 Å². The third kappa shape index (κ3) is 2.39. The van der Waals surface area contributed by atoms with Gasteiger partial charge in [-0.15, -0.1) is 0 Å². The number of allylic oxidation sites excluding steroid dienone is 2. The Morgan fingerprint density at radius 1 is 0.767 bits per heavy atom. The van der Waals surface area contributed by atoms with Crippen molar-refractivity contribution in [2.75, 3.05) is 36.0 Å². The molecule has 8 unspecified atom stereocenters. The fraction of sp³-hybridized carbons (Fsp3) is 0.474. The van der Waals surface area contributed by atoms with E-state index in [0.717, 1.165) is 32.5 Å². The van der Waals surface area contributed by atoms with E-state index in [2.05, 4.69) is 107 Å². The molecule has 6 fully saturated rings. The topological polar surface area (TPSA) is 33.2 Å². The Morgan fingerprint density at radius 3 is 2.23 bits per heavy atom. The lowest BCUT2D eigenvalue weighted by Crippen LogP contribution is -2.69. The Kier molecular flexibility index (Phi) is 4.26. The Hall–Kier alpha value is -3.12. The molecule has 9 aliphatic rings. The molecule has 5 nitrogen and oxygen atoms in total. The molecule has 2 saturated carbocycles. The molecule has 7 aliphatic heterocycles. The standard InChI is InChI=1S/C38H40N4O/c1-3-23-19-39-15-13-36-29-9-5-7-11-31(29)41-22-28-26-18-38(43)37(14-16-40(38)20-24(26)4-2)30-10-6-8-12-32(30)42(35(28)37)21-27(34(36)41)25(23)17-33(36)39/h3-12,21-22,25-26,33-35,43H,13-20H2,1-2H3/b23-3-,24-4-,27-21-,28-22-. The van der Waals surface area contributed by atoms with Crippen LogP contribution in [0.2, 0.25) is 0 Å². The molecule has 0 radical (unpaired) electrons. The van der Waals surface area contributed by atoms with Crippen molar-refractivity contribution < 1.29 is 5.11 Å². The summed E-state index contributed by atoms with van der Waals surface area (Å²) in [7, 11) is 0. The Morgan fingerprint density at radius 2 is 1.44 bits per heavy atom. The Bertz CT molecular complexity index is 1770. The second-order valence-corrected chi connectivity index (χ2v) is 14.9. The molecule has 5 heteroatoms. The number of aliphatic hydroxyl groups is 1. The SMILES string of the molecule is C/C=C1/CN2CCC34c5ccccc5N5/C=C6/C7CC8(O)N(CCC89c8ccccc8N(/C=C(/C1CC23)C54)C69)C/C7=C/C. The zero-order chi connectivity index (χ0) is 28.5. The van der Waals surface area contributed by atoms with E-state index in [1.54, 1.807) is 16.7 Å². The number of anilines is 2. The van der Waals surface area contributed by atoms with Gasteiger partial charge in [-0.1, -0.05) is 59.7 Å². The highest BCUT2D eigenvalue weighted by atomic mass is 16.3. The maximum Gasteiger partial charge on any atom is 0.131 e. The molecule has 7 heterocycles. The van der Waals surface area contributed by atoms with Gasteiger partial charge in [-0.05, 0) is 74.1 Å². The van der Waals surface area contributed by atoms with E-state index in [1.165, 1.54) is 47.5 Å². The van der Waals surface area contributed by atoms with Gasteiger partial charge in [0.25, 0.3) is 0 Å². The van der Waals surface area contributed by atoms with Crippen LogP contribution in [-0.2, 0) is 10.8 Å². The molecule has 1 N–H and O–H groups in total. The maximum atomic E-state index is 13.0. The summed E-state index contributed by atoms with van der Waals surface area (Å²) in [6.07, 6.45) is 14.3. The number of hydrogen-bond donors (Lipinski definition) is 1. The van der Waals surface area contributed by atoms with Crippen LogP contribution in [0, 0.1) is 11.8 Å². The van der Waals surface area contributed by atoms with Crippen LogP contribution in [-0.4, -0.2) is 64.9 Å². The average Bonchev–Trinajstić information content (AvgIpc) is 3.73. The van der Waals surface area contributed by atoms with Gasteiger partial charge in [0.2, 0.25) is 0 Å². The molecule has 2 aromatic carbocycles. The van der Waals surface area contributed by atoms with E-state index in [4.69, 9.17) is 0 Å². The monoisotopic (exact) mass is 568 g/mol. The van der Waals surface area contributed by atoms with Crippen LogP contribution in [0.4, 0.5) is 11.4 Å². The predicted molar refractivity (Wildman–Crippen MR) is 170 cm³/mol. The largest absolute Gasteiger partial charge is 0.375 e. The molecule has 8 atom stereocenters. The number of nitrogens with zero attached hydrogens (tertiary/aromatic N) is 4. The van der Waals surface area contributed by atoms with Gasteiger partial charge in [0.05, 0.1) is 17.5 Å². The molecule has 11 rings (SSSR count). The Balaban J connectivity index is 1.26. The van der Waals surface area contributed by atoms with Crippen molar-refractivity contribution in [3.63, 3.8) is 0 Å². The van der Waals surface area contributed by atoms with Gasteiger partial charge in [-0.2, -0.15) is 0 Å². The summed E-state index contributed by atoms with van der Waals surface area (Å²) in [5, 5.41) is 13.0. The summed E-state index contributed by atoms with van der Waals surface area (Å²) >= 11 is 0. The highest BCUT2D eigenvalue weighted by Crippen LogP contribution is 2.69. The van der Waals surface area contributed by atoms with Crippen LogP contribution in [0.25, 0.3) is 0 Å². The molecular formula is C38H40N4O. The summed E-state index contributed by atoms with van der Waals surface area (Å²) in [5.41, 5.74) is 10.9. The lowest BCUT2D eigenvalue weighted by molar-refractivity contribution is -0.157. The maximum absolute atomic E-state index is 13.0. The average molecular weight is 569 g/mol. The molecule has 4 bridgehead atoms. The van der Waals surface area contributed by atoms with Crippen molar-refractivity contribution in [2.24, 2.45) is 11.8 Å². The first-order chi connectivity index (χ1) is 21.0. The molecule has 2 aromatic rings. The van der Waals surface area contributed by atoms with Gasteiger partial charge in [-0.25, -0.2) is 0 Å². The number of rotatable bonds is 0. The lowest BCUT2D eigenvalue weighted by atomic mass is 9.55. The van der Waals surface area contributed by atoms with E-state index >= 15 is 0 Å². The fourth-order valence-electron chi connectivity index (χ4n) is 12.5. The first-order valence-corrected chi connectivity index (χ1v) is 16.8. The minimum absolute atomic E-state index is 0.113. The molecule has 0 amide bonds. The third-order valence-corrected chi connectivity index (χ3v) is 14.1. The van der Waals surface area contributed by atoms with Crippen LogP contribution in [0.15, 0.2) is 95.4 Å². The van der Waals surface area contributed by atoms with Gasteiger partial charge in [0.1, 0.15) is 5.72 Å². The first kappa shape index (κ1) is 24.2. The van der Waals surface area contributed by atoms with Gasteiger partial charge in [0, 0.05) is 73.1 Å².